The molecule has 2 amide bonds. The van der Waals surface area contributed by atoms with Gasteiger partial charge in [0.05, 0.1) is 5.54 Å². The van der Waals surface area contributed by atoms with Gasteiger partial charge in [0.25, 0.3) is 5.91 Å². The zero-order chi connectivity index (χ0) is 15.5. The van der Waals surface area contributed by atoms with E-state index in [1.54, 1.807) is 4.90 Å². The number of carbonyl (C=O) groups is 2. The highest BCUT2D eigenvalue weighted by Gasteiger charge is 2.50. The monoisotopic (exact) mass is 298 g/mol. The molecule has 1 N–H and O–H groups in total. The maximum absolute atomic E-state index is 12.6. The summed E-state index contributed by atoms with van der Waals surface area (Å²) < 4.78 is 5.77. The number of hydrogen-bond donors (Lipinski definition) is 1. The Hall–Kier alpha value is -2.30. The van der Waals surface area contributed by atoms with Crippen molar-refractivity contribution in [2.45, 2.75) is 32.2 Å². The number of fused-ring (bicyclic) bond motifs is 1. The molecule has 2 aromatic rings. The van der Waals surface area contributed by atoms with E-state index in [1.807, 2.05) is 32.0 Å². The minimum atomic E-state index is -0.191. The number of carbonyl (C=O) groups excluding carboxylic acids is 2. The standard InChI is InChI=1S/C17H18N2O3/c1-10-3-4-13-12(7-10)11(2)15(22-13)16(21)19-8-17(9-19)6-5-14(20)18-17/h3-4,7H,5-6,8-9H2,1-2H3,(H,18,20). The summed E-state index contributed by atoms with van der Waals surface area (Å²) in [4.78, 5) is 25.8. The molecule has 0 atom stereocenters. The lowest BCUT2D eigenvalue weighted by Gasteiger charge is -2.47. The van der Waals surface area contributed by atoms with Gasteiger partial charge in [-0.15, -0.1) is 0 Å². The van der Waals surface area contributed by atoms with Crippen LogP contribution < -0.4 is 5.32 Å². The predicted molar refractivity (Wildman–Crippen MR) is 81.7 cm³/mol. The van der Waals surface area contributed by atoms with E-state index in [0.717, 1.165) is 28.5 Å². The Balaban J connectivity index is 1.59. The van der Waals surface area contributed by atoms with Crippen LogP contribution in [0, 0.1) is 13.8 Å². The molecule has 2 aliphatic heterocycles. The van der Waals surface area contributed by atoms with E-state index in [-0.39, 0.29) is 17.4 Å². The first kappa shape index (κ1) is 13.4. The fourth-order valence-corrected chi connectivity index (χ4v) is 3.52. The van der Waals surface area contributed by atoms with Gasteiger partial charge < -0.3 is 14.6 Å². The van der Waals surface area contributed by atoms with Crippen LogP contribution in [0.15, 0.2) is 22.6 Å². The van der Waals surface area contributed by atoms with Gasteiger partial charge in [-0.2, -0.15) is 0 Å². The molecule has 3 heterocycles. The van der Waals surface area contributed by atoms with Gasteiger partial charge in [-0.25, -0.2) is 0 Å². The minimum absolute atomic E-state index is 0.0851. The number of furan rings is 1. The van der Waals surface area contributed by atoms with Gasteiger partial charge in [-0.1, -0.05) is 11.6 Å². The maximum Gasteiger partial charge on any atom is 0.290 e. The van der Waals surface area contributed by atoms with E-state index in [9.17, 15) is 9.59 Å². The third-order valence-electron chi connectivity index (χ3n) is 4.80. The van der Waals surface area contributed by atoms with Crippen molar-refractivity contribution in [3.05, 3.63) is 35.1 Å². The van der Waals surface area contributed by atoms with Crippen molar-refractivity contribution in [2.24, 2.45) is 0 Å². The van der Waals surface area contributed by atoms with Gasteiger partial charge in [0.1, 0.15) is 5.58 Å². The fourth-order valence-electron chi connectivity index (χ4n) is 3.52. The predicted octanol–water partition coefficient (Wildman–Crippen LogP) is 2.15. The molecule has 2 fully saturated rings. The average Bonchev–Trinajstić information content (AvgIpc) is 2.99. The topological polar surface area (TPSA) is 62.6 Å². The van der Waals surface area contributed by atoms with E-state index < -0.39 is 0 Å². The van der Waals surface area contributed by atoms with Gasteiger partial charge in [0.2, 0.25) is 5.91 Å². The zero-order valence-electron chi connectivity index (χ0n) is 12.7. The largest absolute Gasteiger partial charge is 0.451 e. The number of nitrogens with zero attached hydrogens (tertiary/aromatic N) is 1. The van der Waals surface area contributed by atoms with E-state index in [4.69, 9.17) is 4.42 Å². The molecule has 4 rings (SSSR count). The van der Waals surface area contributed by atoms with E-state index >= 15 is 0 Å². The summed E-state index contributed by atoms with van der Waals surface area (Å²) in [6, 6.07) is 5.93. The Labute approximate surface area is 128 Å². The summed E-state index contributed by atoms with van der Waals surface area (Å²) in [5.41, 5.74) is 2.59. The Morgan fingerprint density at radius 3 is 2.77 bits per heavy atom. The summed E-state index contributed by atoms with van der Waals surface area (Å²) in [7, 11) is 0. The van der Waals surface area contributed by atoms with Gasteiger partial charge in [-0.3, -0.25) is 9.59 Å². The number of nitrogens with one attached hydrogen (secondary N) is 1. The first-order valence-electron chi connectivity index (χ1n) is 7.57. The second-order valence-electron chi connectivity index (χ2n) is 6.55. The molecule has 22 heavy (non-hydrogen) atoms. The van der Waals surface area contributed by atoms with Crippen molar-refractivity contribution >= 4 is 22.8 Å². The summed E-state index contributed by atoms with van der Waals surface area (Å²) in [5, 5.41) is 3.98. The lowest BCUT2D eigenvalue weighted by molar-refractivity contribution is -0.120. The summed E-state index contributed by atoms with van der Waals surface area (Å²) in [6.07, 6.45) is 1.37. The van der Waals surface area contributed by atoms with Crippen LogP contribution in [0.5, 0.6) is 0 Å². The van der Waals surface area contributed by atoms with Gasteiger partial charge in [0.15, 0.2) is 5.76 Å². The number of benzene rings is 1. The van der Waals surface area contributed by atoms with Crippen LogP contribution in [0.25, 0.3) is 11.0 Å². The molecule has 0 radical (unpaired) electrons. The Kier molecular flexibility index (Phi) is 2.64. The number of aryl methyl sites for hydroxylation is 2. The second kappa shape index (κ2) is 4.35. The van der Waals surface area contributed by atoms with Crippen LogP contribution in [-0.2, 0) is 4.79 Å². The fraction of sp³-hybridized carbons (Fsp3) is 0.412. The number of rotatable bonds is 1. The quantitative estimate of drug-likeness (QED) is 0.877. The normalized spacial score (nSPS) is 19.5. The molecular weight excluding hydrogens is 280 g/mol. The van der Waals surface area contributed by atoms with Crippen LogP contribution in [-0.4, -0.2) is 35.3 Å². The van der Waals surface area contributed by atoms with Crippen molar-refractivity contribution in [3.8, 4) is 0 Å². The minimum Gasteiger partial charge on any atom is -0.451 e. The third kappa shape index (κ3) is 1.85. The first-order chi connectivity index (χ1) is 10.5. The average molecular weight is 298 g/mol. The van der Waals surface area contributed by atoms with Crippen molar-refractivity contribution in [3.63, 3.8) is 0 Å². The van der Waals surface area contributed by atoms with Crippen LogP contribution in [0.3, 0.4) is 0 Å². The van der Waals surface area contributed by atoms with E-state index in [0.29, 0.717) is 25.3 Å². The molecule has 2 saturated heterocycles. The highest BCUT2D eigenvalue weighted by Crippen LogP contribution is 2.33. The Bertz CT molecular complexity index is 800. The summed E-state index contributed by atoms with van der Waals surface area (Å²) in [6.45, 7) is 5.10. The molecule has 114 valence electrons. The summed E-state index contributed by atoms with van der Waals surface area (Å²) >= 11 is 0. The second-order valence-corrected chi connectivity index (χ2v) is 6.55. The lowest BCUT2D eigenvalue weighted by Crippen LogP contribution is -2.68. The van der Waals surface area contributed by atoms with Crippen molar-refractivity contribution in [1.29, 1.82) is 0 Å². The maximum atomic E-state index is 12.6. The molecular formula is C17H18N2O3. The molecule has 0 unspecified atom stereocenters. The zero-order valence-corrected chi connectivity index (χ0v) is 12.7. The SMILES string of the molecule is Cc1ccc2oc(C(=O)N3CC4(CCC(=O)N4)C3)c(C)c2c1. The van der Waals surface area contributed by atoms with Crippen LogP contribution in [0.1, 0.15) is 34.5 Å². The van der Waals surface area contributed by atoms with Crippen LogP contribution in [0.2, 0.25) is 0 Å². The van der Waals surface area contributed by atoms with Gasteiger partial charge in [0, 0.05) is 30.5 Å². The van der Waals surface area contributed by atoms with Crippen molar-refractivity contribution in [2.75, 3.05) is 13.1 Å². The van der Waals surface area contributed by atoms with Crippen LogP contribution in [0.4, 0.5) is 0 Å². The molecule has 0 bridgehead atoms. The number of amides is 2. The van der Waals surface area contributed by atoms with Gasteiger partial charge in [-0.05, 0) is 32.4 Å². The van der Waals surface area contributed by atoms with Crippen LogP contribution >= 0.6 is 0 Å². The molecule has 5 heteroatoms. The molecule has 0 saturated carbocycles. The molecule has 1 aromatic carbocycles. The molecule has 1 spiro atoms. The molecule has 2 aliphatic rings. The molecule has 5 nitrogen and oxygen atoms in total. The lowest BCUT2D eigenvalue weighted by atomic mass is 9.88. The summed E-state index contributed by atoms with van der Waals surface area (Å²) in [5.74, 6) is 0.417. The van der Waals surface area contributed by atoms with Gasteiger partial charge >= 0.3 is 0 Å². The smallest absolute Gasteiger partial charge is 0.290 e. The Morgan fingerprint density at radius 2 is 2.09 bits per heavy atom. The van der Waals surface area contributed by atoms with Crippen molar-refractivity contribution < 1.29 is 14.0 Å². The number of hydrogen-bond acceptors (Lipinski definition) is 3. The highest BCUT2D eigenvalue weighted by atomic mass is 16.3. The molecule has 1 aromatic heterocycles. The third-order valence-corrected chi connectivity index (χ3v) is 4.80. The van der Waals surface area contributed by atoms with Crippen molar-refractivity contribution in [1.82, 2.24) is 10.2 Å². The highest BCUT2D eigenvalue weighted by molar-refractivity contribution is 5.99. The van der Waals surface area contributed by atoms with E-state index in [1.165, 1.54) is 0 Å². The Morgan fingerprint density at radius 1 is 1.32 bits per heavy atom. The first-order valence-corrected chi connectivity index (χ1v) is 7.57. The van der Waals surface area contributed by atoms with E-state index in [2.05, 4.69) is 5.32 Å². The molecule has 0 aliphatic carbocycles. The number of likely N-dealkylation sites (tertiary alicyclic amines) is 1.